The van der Waals surface area contributed by atoms with Crippen molar-refractivity contribution >= 4 is 28.8 Å². The van der Waals surface area contributed by atoms with Crippen molar-refractivity contribution in [3.63, 3.8) is 0 Å². The SMILES string of the molecule is COc1cc(/C=N/Nc2ccc3ccccc3n2)ccc1OCC(=O)N1CC(C)OC(C)C1. The van der Waals surface area contributed by atoms with Crippen LogP contribution in [-0.2, 0) is 9.53 Å². The van der Waals surface area contributed by atoms with E-state index in [1.807, 2.05) is 56.3 Å². The monoisotopic (exact) mass is 448 g/mol. The molecule has 3 aromatic rings. The predicted molar refractivity (Wildman–Crippen MR) is 128 cm³/mol. The van der Waals surface area contributed by atoms with E-state index in [9.17, 15) is 4.79 Å². The number of nitrogens with one attached hydrogen (secondary N) is 1. The summed E-state index contributed by atoms with van der Waals surface area (Å²) in [6.07, 6.45) is 1.71. The van der Waals surface area contributed by atoms with E-state index in [0.29, 0.717) is 30.4 Å². The fourth-order valence-electron chi connectivity index (χ4n) is 3.80. The van der Waals surface area contributed by atoms with E-state index >= 15 is 0 Å². The number of hydrogen-bond acceptors (Lipinski definition) is 7. The van der Waals surface area contributed by atoms with E-state index in [1.165, 1.54) is 0 Å². The van der Waals surface area contributed by atoms with E-state index in [2.05, 4.69) is 15.5 Å². The van der Waals surface area contributed by atoms with Crippen molar-refractivity contribution in [2.24, 2.45) is 5.10 Å². The third kappa shape index (κ3) is 5.78. The minimum Gasteiger partial charge on any atom is -0.493 e. The van der Waals surface area contributed by atoms with Gasteiger partial charge >= 0.3 is 0 Å². The topological polar surface area (TPSA) is 85.3 Å². The Morgan fingerprint density at radius 2 is 1.94 bits per heavy atom. The summed E-state index contributed by atoms with van der Waals surface area (Å²) in [6.45, 7) is 5.00. The molecule has 33 heavy (non-hydrogen) atoms. The van der Waals surface area contributed by atoms with E-state index < -0.39 is 0 Å². The van der Waals surface area contributed by atoms with Gasteiger partial charge in [0.2, 0.25) is 0 Å². The zero-order chi connectivity index (χ0) is 23.2. The number of morpholine rings is 1. The molecule has 2 unspecified atom stereocenters. The Morgan fingerprint density at radius 1 is 1.15 bits per heavy atom. The van der Waals surface area contributed by atoms with Crippen LogP contribution in [-0.4, -0.2) is 61.0 Å². The summed E-state index contributed by atoms with van der Waals surface area (Å²) >= 11 is 0. The number of benzene rings is 2. The molecule has 1 aromatic heterocycles. The molecule has 2 aromatic carbocycles. The maximum atomic E-state index is 12.6. The number of nitrogens with zero attached hydrogens (tertiary/aromatic N) is 3. The number of amides is 1. The average Bonchev–Trinajstić information content (AvgIpc) is 2.82. The zero-order valence-electron chi connectivity index (χ0n) is 19.0. The van der Waals surface area contributed by atoms with Crippen LogP contribution in [0.25, 0.3) is 10.9 Å². The van der Waals surface area contributed by atoms with Gasteiger partial charge in [-0.25, -0.2) is 4.98 Å². The highest BCUT2D eigenvalue weighted by Crippen LogP contribution is 2.28. The molecular weight excluding hydrogens is 420 g/mol. The number of carbonyl (C=O) groups excluding carboxylic acids is 1. The van der Waals surface area contributed by atoms with Gasteiger partial charge in [-0.05, 0) is 55.8 Å². The minimum absolute atomic E-state index is 0.0178. The molecular formula is C25H28N4O4. The zero-order valence-corrected chi connectivity index (χ0v) is 19.0. The lowest BCUT2D eigenvalue weighted by molar-refractivity contribution is -0.145. The van der Waals surface area contributed by atoms with Crippen molar-refractivity contribution in [2.75, 3.05) is 32.2 Å². The smallest absolute Gasteiger partial charge is 0.260 e. The number of methoxy groups -OCH3 is 1. The summed E-state index contributed by atoms with van der Waals surface area (Å²) in [4.78, 5) is 18.9. The van der Waals surface area contributed by atoms with Gasteiger partial charge in [0.1, 0.15) is 5.82 Å². The van der Waals surface area contributed by atoms with Crippen LogP contribution in [0.4, 0.5) is 5.82 Å². The molecule has 8 nitrogen and oxygen atoms in total. The Balaban J connectivity index is 1.36. The van der Waals surface area contributed by atoms with E-state index in [1.54, 1.807) is 30.4 Å². The first-order chi connectivity index (χ1) is 16.0. The van der Waals surface area contributed by atoms with Crippen molar-refractivity contribution in [3.8, 4) is 11.5 Å². The quantitative estimate of drug-likeness (QED) is 0.438. The first kappa shape index (κ1) is 22.5. The largest absolute Gasteiger partial charge is 0.493 e. The van der Waals surface area contributed by atoms with Crippen LogP contribution >= 0.6 is 0 Å². The van der Waals surface area contributed by atoms with E-state index in [4.69, 9.17) is 14.2 Å². The number of aromatic nitrogens is 1. The molecule has 1 N–H and O–H groups in total. The Hall–Kier alpha value is -3.65. The number of fused-ring (bicyclic) bond motifs is 1. The molecule has 1 fully saturated rings. The van der Waals surface area contributed by atoms with Gasteiger partial charge in [0.15, 0.2) is 18.1 Å². The molecule has 0 spiro atoms. The van der Waals surface area contributed by atoms with Crippen LogP contribution < -0.4 is 14.9 Å². The van der Waals surface area contributed by atoms with Crippen molar-refractivity contribution < 1.29 is 19.0 Å². The third-order valence-corrected chi connectivity index (χ3v) is 5.30. The van der Waals surface area contributed by atoms with Gasteiger partial charge in [-0.15, -0.1) is 0 Å². The van der Waals surface area contributed by atoms with Gasteiger partial charge in [-0.1, -0.05) is 18.2 Å². The van der Waals surface area contributed by atoms with Crippen LogP contribution in [0.5, 0.6) is 11.5 Å². The molecule has 1 saturated heterocycles. The van der Waals surface area contributed by atoms with E-state index in [-0.39, 0.29) is 24.7 Å². The number of ether oxygens (including phenoxy) is 3. The summed E-state index contributed by atoms with van der Waals surface area (Å²) < 4.78 is 16.9. The molecule has 0 saturated carbocycles. The lowest BCUT2D eigenvalue weighted by atomic mass is 10.2. The molecule has 1 aliphatic rings. The van der Waals surface area contributed by atoms with Gasteiger partial charge in [-0.2, -0.15) is 5.10 Å². The number of pyridine rings is 1. The van der Waals surface area contributed by atoms with Crippen LogP contribution in [0.3, 0.4) is 0 Å². The molecule has 0 aliphatic carbocycles. The van der Waals surface area contributed by atoms with Gasteiger partial charge in [0.05, 0.1) is 31.0 Å². The summed E-state index contributed by atoms with van der Waals surface area (Å²) in [5, 5.41) is 5.34. The predicted octanol–water partition coefficient (Wildman–Crippen LogP) is 3.70. The first-order valence-electron chi connectivity index (χ1n) is 10.9. The van der Waals surface area contributed by atoms with Crippen molar-refractivity contribution in [1.82, 2.24) is 9.88 Å². The summed E-state index contributed by atoms with van der Waals surface area (Å²) in [5.74, 6) is 1.61. The number of para-hydroxylation sites is 1. The molecule has 2 atom stereocenters. The number of hydrazone groups is 1. The Kier molecular flexibility index (Phi) is 7.04. The number of rotatable bonds is 7. The van der Waals surface area contributed by atoms with Crippen LogP contribution in [0.2, 0.25) is 0 Å². The second-order valence-electron chi connectivity index (χ2n) is 8.01. The van der Waals surface area contributed by atoms with Crippen molar-refractivity contribution in [3.05, 3.63) is 60.2 Å². The Morgan fingerprint density at radius 3 is 2.73 bits per heavy atom. The van der Waals surface area contributed by atoms with Gasteiger partial charge in [0.25, 0.3) is 5.91 Å². The van der Waals surface area contributed by atoms with Gasteiger partial charge in [-0.3, -0.25) is 10.2 Å². The van der Waals surface area contributed by atoms with Gasteiger partial charge < -0.3 is 19.1 Å². The molecule has 8 heteroatoms. The Bertz CT molecular complexity index is 1140. The number of carbonyl (C=O) groups is 1. The standard InChI is InChI=1S/C25H28N4O4/c1-17-14-29(15-18(2)33-17)25(30)16-32-22-10-8-19(12-23(22)31-3)13-26-28-24-11-9-20-6-4-5-7-21(20)27-24/h4-13,17-18H,14-16H2,1-3H3,(H,27,28)/b26-13+. The fourth-order valence-corrected chi connectivity index (χ4v) is 3.80. The maximum Gasteiger partial charge on any atom is 0.260 e. The molecule has 4 rings (SSSR count). The molecule has 2 heterocycles. The molecule has 0 bridgehead atoms. The van der Waals surface area contributed by atoms with Gasteiger partial charge in [0, 0.05) is 18.5 Å². The summed E-state index contributed by atoms with van der Waals surface area (Å²) in [5.41, 5.74) is 4.66. The number of anilines is 1. The molecule has 1 aliphatic heterocycles. The van der Waals surface area contributed by atoms with Crippen molar-refractivity contribution in [2.45, 2.75) is 26.1 Å². The molecule has 0 radical (unpaired) electrons. The Labute approximate surface area is 193 Å². The third-order valence-electron chi connectivity index (χ3n) is 5.30. The second-order valence-corrected chi connectivity index (χ2v) is 8.01. The highest BCUT2D eigenvalue weighted by Gasteiger charge is 2.26. The van der Waals surface area contributed by atoms with Crippen LogP contribution in [0.1, 0.15) is 19.4 Å². The molecule has 1 amide bonds. The van der Waals surface area contributed by atoms with Crippen LogP contribution in [0.15, 0.2) is 59.7 Å². The summed E-state index contributed by atoms with van der Waals surface area (Å²) in [6, 6.07) is 17.2. The lowest BCUT2D eigenvalue weighted by Crippen LogP contribution is -2.49. The van der Waals surface area contributed by atoms with Crippen molar-refractivity contribution in [1.29, 1.82) is 0 Å². The first-order valence-corrected chi connectivity index (χ1v) is 10.9. The summed E-state index contributed by atoms with van der Waals surface area (Å²) in [7, 11) is 1.56. The average molecular weight is 449 g/mol. The van der Waals surface area contributed by atoms with E-state index in [0.717, 1.165) is 16.5 Å². The minimum atomic E-state index is -0.0724. The lowest BCUT2D eigenvalue weighted by Gasteiger charge is -2.35. The normalized spacial score (nSPS) is 18.5. The fraction of sp³-hybridized carbons (Fsp3) is 0.320. The van der Waals surface area contributed by atoms with Crippen LogP contribution in [0, 0.1) is 0 Å². The highest BCUT2D eigenvalue weighted by molar-refractivity contribution is 5.83. The maximum absolute atomic E-state index is 12.6. The molecule has 172 valence electrons. The number of hydrogen-bond donors (Lipinski definition) is 1. The second kappa shape index (κ2) is 10.3. The highest BCUT2D eigenvalue weighted by atomic mass is 16.5.